The van der Waals surface area contributed by atoms with Gasteiger partial charge in [-0.15, -0.1) is 0 Å². The molecule has 1 heterocycles. The number of anilines is 1. The Bertz CT molecular complexity index is 673. The highest BCUT2D eigenvalue weighted by molar-refractivity contribution is 5.52. The van der Waals surface area contributed by atoms with Crippen molar-refractivity contribution < 1.29 is 9.66 Å². The molecule has 0 fully saturated rings. The number of hydrogen-bond acceptors (Lipinski definition) is 6. The first-order valence-electron chi connectivity index (χ1n) is 6.52. The lowest BCUT2D eigenvalue weighted by Gasteiger charge is -2.12. The van der Waals surface area contributed by atoms with Crippen molar-refractivity contribution in [1.82, 2.24) is 9.97 Å². The van der Waals surface area contributed by atoms with Crippen molar-refractivity contribution in [1.29, 1.82) is 0 Å². The van der Waals surface area contributed by atoms with E-state index >= 15 is 0 Å². The van der Waals surface area contributed by atoms with E-state index in [4.69, 9.17) is 4.74 Å². The number of ether oxygens (including phenoxy) is 1. The molecule has 0 spiro atoms. The van der Waals surface area contributed by atoms with E-state index in [-0.39, 0.29) is 5.69 Å². The smallest absolute Gasteiger partial charge is 0.276 e. The molecule has 0 saturated carbocycles. The van der Waals surface area contributed by atoms with Crippen molar-refractivity contribution in [2.75, 3.05) is 11.9 Å². The quantitative estimate of drug-likeness (QED) is 0.671. The highest BCUT2D eigenvalue weighted by atomic mass is 16.6. The summed E-state index contributed by atoms with van der Waals surface area (Å²) in [6, 6.07) is 4.71. The Morgan fingerprint density at radius 2 is 2.05 bits per heavy atom. The molecule has 0 bridgehead atoms. The van der Waals surface area contributed by atoms with Crippen LogP contribution in [0, 0.1) is 24.0 Å². The molecular formula is C14H16N4O3. The van der Waals surface area contributed by atoms with Crippen LogP contribution in [-0.2, 0) is 0 Å². The lowest BCUT2D eigenvalue weighted by Crippen LogP contribution is -2.04. The van der Waals surface area contributed by atoms with Crippen LogP contribution in [0.1, 0.15) is 18.1 Å². The van der Waals surface area contributed by atoms with Gasteiger partial charge in [0.1, 0.15) is 17.9 Å². The van der Waals surface area contributed by atoms with Crippen LogP contribution in [0.5, 0.6) is 11.6 Å². The van der Waals surface area contributed by atoms with Crippen molar-refractivity contribution in [3.05, 3.63) is 45.8 Å². The topological polar surface area (TPSA) is 90.2 Å². The second-order valence-corrected chi connectivity index (χ2v) is 4.44. The fourth-order valence-corrected chi connectivity index (χ4v) is 1.90. The molecule has 0 unspecified atom stereocenters. The van der Waals surface area contributed by atoms with Crippen LogP contribution in [0.15, 0.2) is 24.5 Å². The highest BCUT2D eigenvalue weighted by Crippen LogP contribution is 2.32. The Labute approximate surface area is 122 Å². The molecule has 1 aromatic carbocycles. The Kier molecular flexibility index (Phi) is 4.32. The van der Waals surface area contributed by atoms with Gasteiger partial charge in [-0.3, -0.25) is 10.1 Å². The summed E-state index contributed by atoms with van der Waals surface area (Å²) < 4.78 is 5.72. The molecule has 0 radical (unpaired) electrons. The van der Waals surface area contributed by atoms with Crippen LogP contribution in [0.4, 0.5) is 11.5 Å². The summed E-state index contributed by atoms with van der Waals surface area (Å²) in [5, 5.41) is 14.1. The molecule has 0 aliphatic carbocycles. The number of nitro benzene ring substituents is 1. The number of hydrogen-bond donors (Lipinski definition) is 1. The molecule has 1 aromatic heterocycles. The van der Waals surface area contributed by atoms with Crippen molar-refractivity contribution in [2.45, 2.75) is 20.8 Å². The highest BCUT2D eigenvalue weighted by Gasteiger charge is 2.16. The van der Waals surface area contributed by atoms with E-state index in [0.717, 1.165) is 12.1 Å². The van der Waals surface area contributed by atoms with E-state index in [0.29, 0.717) is 23.0 Å². The first-order valence-corrected chi connectivity index (χ1v) is 6.52. The second kappa shape index (κ2) is 6.17. The number of aromatic nitrogens is 2. The summed E-state index contributed by atoms with van der Waals surface area (Å²) in [4.78, 5) is 18.7. The first-order chi connectivity index (χ1) is 10.0. The zero-order chi connectivity index (χ0) is 15.4. The number of nitrogens with one attached hydrogen (secondary N) is 1. The van der Waals surface area contributed by atoms with Gasteiger partial charge in [-0.2, -0.15) is 0 Å². The number of nitrogens with zero attached hydrogens (tertiary/aromatic N) is 3. The molecular weight excluding hydrogens is 272 g/mol. The van der Waals surface area contributed by atoms with Gasteiger partial charge in [0.05, 0.1) is 16.1 Å². The van der Waals surface area contributed by atoms with Gasteiger partial charge in [-0.1, -0.05) is 6.07 Å². The van der Waals surface area contributed by atoms with Gasteiger partial charge in [0.15, 0.2) is 0 Å². The molecule has 0 aliphatic heterocycles. The molecule has 7 nitrogen and oxygen atoms in total. The molecule has 0 amide bonds. The molecule has 2 rings (SSSR count). The molecule has 21 heavy (non-hydrogen) atoms. The van der Waals surface area contributed by atoms with Crippen LogP contribution in [-0.4, -0.2) is 21.4 Å². The van der Waals surface area contributed by atoms with E-state index < -0.39 is 4.92 Å². The van der Waals surface area contributed by atoms with Gasteiger partial charge < -0.3 is 10.1 Å². The SMILES string of the molecule is CCNc1ncnc(Oc2cccc([N+](=O)[O-])c2C)c1C. The van der Waals surface area contributed by atoms with Crippen molar-refractivity contribution in [3.63, 3.8) is 0 Å². The normalized spacial score (nSPS) is 10.2. The van der Waals surface area contributed by atoms with E-state index in [9.17, 15) is 10.1 Å². The van der Waals surface area contributed by atoms with E-state index in [1.54, 1.807) is 19.1 Å². The van der Waals surface area contributed by atoms with Gasteiger partial charge in [0.2, 0.25) is 5.88 Å². The van der Waals surface area contributed by atoms with Gasteiger partial charge in [-0.05, 0) is 26.8 Å². The van der Waals surface area contributed by atoms with Crippen LogP contribution in [0.25, 0.3) is 0 Å². The maximum Gasteiger partial charge on any atom is 0.276 e. The zero-order valence-electron chi connectivity index (χ0n) is 12.1. The molecule has 110 valence electrons. The average Bonchev–Trinajstić information content (AvgIpc) is 2.45. The monoisotopic (exact) mass is 288 g/mol. The van der Waals surface area contributed by atoms with Crippen molar-refractivity contribution in [2.24, 2.45) is 0 Å². The summed E-state index contributed by atoms with van der Waals surface area (Å²) in [7, 11) is 0. The van der Waals surface area contributed by atoms with Crippen LogP contribution < -0.4 is 10.1 Å². The molecule has 0 saturated heterocycles. The Balaban J connectivity index is 2.37. The summed E-state index contributed by atoms with van der Waals surface area (Å²) in [6.45, 7) is 6.18. The standard InChI is InChI=1S/C14H16N4O3/c1-4-15-13-10(3)14(17-8-16-13)21-12-7-5-6-11(9(12)2)18(19)20/h5-8H,4H2,1-3H3,(H,15,16,17). The summed E-state index contributed by atoms with van der Waals surface area (Å²) >= 11 is 0. The Hall–Kier alpha value is -2.70. The van der Waals surface area contributed by atoms with E-state index in [1.807, 2.05) is 13.8 Å². The second-order valence-electron chi connectivity index (χ2n) is 4.44. The van der Waals surface area contributed by atoms with Gasteiger partial charge >= 0.3 is 0 Å². The van der Waals surface area contributed by atoms with Crippen LogP contribution >= 0.6 is 0 Å². The number of benzene rings is 1. The lowest BCUT2D eigenvalue weighted by atomic mass is 10.2. The van der Waals surface area contributed by atoms with E-state index in [2.05, 4.69) is 15.3 Å². The summed E-state index contributed by atoms with van der Waals surface area (Å²) in [5.41, 5.74) is 1.24. The first kappa shape index (κ1) is 14.7. The number of nitro groups is 1. The third-order valence-electron chi connectivity index (χ3n) is 3.04. The van der Waals surface area contributed by atoms with Gasteiger partial charge in [-0.25, -0.2) is 9.97 Å². The van der Waals surface area contributed by atoms with Crippen molar-refractivity contribution >= 4 is 11.5 Å². The maximum atomic E-state index is 10.9. The minimum atomic E-state index is -0.431. The lowest BCUT2D eigenvalue weighted by molar-refractivity contribution is -0.385. The molecule has 2 aromatic rings. The fraction of sp³-hybridized carbons (Fsp3) is 0.286. The van der Waals surface area contributed by atoms with Gasteiger partial charge in [0.25, 0.3) is 5.69 Å². The predicted molar refractivity (Wildman–Crippen MR) is 78.8 cm³/mol. The summed E-state index contributed by atoms with van der Waals surface area (Å²) in [6.07, 6.45) is 1.40. The predicted octanol–water partition coefficient (Wildman–Crippen LogP) is 3.23. The third kappa shape index (κ3) is 3.07. The molecule has 0 aliphatic rings. The van der Waals surface area contributed by atoms with Crippen LogP contribution in [0.3, 0.4) is 0 Å². The Morgan fingerprint density at radius 1 is 1.29 bits per heavy atom. The molecule has 0 atom stereocenters. The van der Waals surface area contributed by atoms with E-state index in [1.165, 1.54) is 12.4 Å². The average molecular weight is 288 g/mol. The molecule has 7 heteroatoms. The maximum absolute atomic E-state index is 10.9. The minimum absolute atomic E-state index is 0.0196. The molecule has 1 N–H and O–H groups in total. The Morgan fingerprint density at radius 3 is 2.71 bits per heavy atom. The summed E-state index contributed by atoms with van der Waals surface area (Å²) in [5.74, 6) is 1.48. The van der Waals surface area contributed by atoms with Crippen LogP contribution in [0.2, 0.25) is 0 Å². The van der Waals surface area contributed by atoms with Gasteiger partial charge in [0, 0.05) is 12.6 Å². The zero-order valence-corrected chi connectivity index (χ0v) is 12.1. The third-order valence-corrected chi connectivity index (χ3v) is 3.04. The number of rotatable bonds is 5. The minimum Gasteiger partial charge on any atom is -0.438 e. The fourth-order valence-electron chi connectivity index (χ4n) is 1.90. The van der Waals surface area contributed by atoms with Crippen molar-refractivity contribution in [3.8, 4) is 11.6 Å². The largest absolute Gasteiger partial charge is 0.438 e.